The molecule has 5 aromatic rings. The van der Waals surface area contributed by atoms with E-state index in [9.17, 15) is 19.2 Å². The summed E-state index contributed by atoms with van der Waals surface area (Å²) in [4.78, 5) is 60.6. The molecule has 18 heteroatoms. The van der Waals surface area contributed by atoms with Crippen LogP contribution in [0.15, 0.2) is 47.7 Å². The molecule has 5 fully saturated rings. The van der Waals surface area contributed by atoms with Gasteiger partial charge in [0.2, 0.25) is 11.8 Å². The van der Waals surface area contributed by atoms with E-state index in [2.05, 4.69) is 42.5 Å². The summed E-state index contributed by atoms with van der Waals surface area (Å²) in [5.41, 5.74) is 2.98. The van der Waals surface area contributed by atoms with Crippen LogP contribution >= 0.6 is 11.6 Å². The lowest BCUT2D eigenvalue weighted by Crippen LogP contribution is -2.44. The van der Waals surface area contributed by atoms with Crippen LogP contribution in [0.4, 0.5) is 11.5 Å². The number of nitrogens with zero attached hydrogens (tertiary/aromatic N) is 9. The number of imide groups is 1. The van der Waals surface area contributed by atoms with Gasteiger partial charge in [-0.2, -0.15) is 10.2 Å². The number of amides is 3. The standard InChI is InChI=1S/C43H48ClN11O6/c1-50-38-27(4-2-6-34(38)55(43(50)59)35-11-12-37(56)48-42(35)58)5-3-19-60-30-13-16-51(17-14-30)22-26-7-9-28(10-8-26)54-24-33(39(44)49-54)46-41(57)32-21-45-53-18-15-36(47-40(32)53)52-23-31-20-29(52)25-61-31/h2,4,6,15,18,21,24,26,28-31,35H,7-14,16-17,19-20,22-23,25H2,1H3,(H,46,57)(H,48,56,58)/t26?,28?,29-,31-,35?/m1/s1. The van der Waals surface area contributed by atoms with Crippen molar-refractivity contribution in [3.63, 3.8) is 0 Å². The molecule has 17 nitrogen and oxygen atoms in total. The Labute approximate surface area is 356 Å². The third-order valence-electron chi connectivity index (χ3n) is 13.2. The van der Waals surface area contributed by atoms with Crippen LogP contribution in [-0.4, -0.2) is 114 Å². The summed E-state index contributed by atoms with van der Waals surface area (Å²) >= 11 is 6.58. The number of imidazole rings is 1. The summed E-state index contributed by atoms with van der Waals surface area (Å²) in [5.74, 6) is 6.65. The predicted octanol–water partition coefficient (Wildman–Crippen LogP) is 3.70. The lowest BCUT2D eigenvalue weighted by molar-refractivity contribution is -0.135. The molecule has 1 aliphatic carbocycles. The van der Waals surface area contributed by atoms with Crippen LogP contribution in [0.2, 0.25) is 5.15 Å². The van der Waals surface area contributed by atoms with Crippen LogP contribution in [0.3, 0.4) is 0 Å². The molecule has 1 saturated carbocycles. The minimum absolute atomic E-state index is 0.136. The number of carbonyl (C=O) groups is 3. The first-order chi connectivity index (χ1) is 29.7. The summed E-state index contributed by atoms with van der Waals surface area (Å²) in [5, 5.41) is 14.5. The predicted molar refractivity (Wildman–Crippen MR) is 226 cm³/mol. The second-order valence-corrected chi connectivity index (χ2v) is 17.4. The van der Waals surface area contributed by atoms with Crippen LogP contribution in [-0.2, 0) is 26.1 Å². The molecule has 3 amide bonds. The molecule has 318 valence electrons. The Balaban J connectivity index is 0.683. The van der Waals surface area contributed by atoms with Gasteiger partial charge >= 0.3 is 5.69 Å². The van der Waals surface area contributed by atoms with Gasteiger partial charge in [0, 0.05) is 45.8 Å². The monoisotopic (exact) mass is 849 g/mol. The van der Waals surface area contributed by atoms with Crippen molar-refractivity contribution >= 4 is 57.5 Å². The van der Waals surface area contributed by atoms with Gasteiger partial charge in [0.25, 0.3) is 5.91 Å². The van der Waals surface area contributed by atoms with Gasteiger partial charge in [-0.1, -0.05) is 29.5 Å². The Hall–Kier alpha value is -5.54. The number of morpholine rings is 1. The summed E-state index contributed by atoms with van der Waals surface area (Å²) in [6, 6.07) is 7.21. The van der Waals surface area contributed by atoms with Gasteiger partial charge in [-0.25, -0.2) is 14.3 Å². The molecule has 61 heavy (non-hydrogen) atoms. The number of rotatable bonds is 9. The molecule has 0 spiro atoms. The van der Waals surface area contributed by atoms with E-state index in [-0.39, 0.29) is 60.4 Å². The van der Waals surface area contributed by atoms with E-state index >= 15 is 0 Å². The average molecular weight is 850 g/mol. The van der Waals surface area contributed by atoms with E-state index in [1.807, 2.05) is 41.3 Å². The number of nitrogens with one attached hydrogen (secondary N) is 2. The van der Waals surface area contributed by atoms with Crippen molar-refractivity contribution in [2.24, 2.45) is 13.0 Å². The van der Waals surface area contributed by atoms with Crippen LogP contribution in [0.5, 0.6) is 0 Å². The highest BCUT2D eigenvalue weighted by Crippen LogP contribution is 2.36. The van der Waals surface area contributed by atoms with Crippen molar-refractivity contribution in [1.82, 2.24) is 43.7 Å². The highest BCUT2D eigenvalue weighted by Gasteiger charge is 2.40. The number of piperidine rings is 2. The second kappa shape index (κ2) is 16.4. The molecule has 1 unspecified atom stereocenters. The highest BCUT2D eigenvalue weighted by atomic mass is 35.5. The summed E-state index contributed by atoms with van der Waals surface area (Å²) in [6.07, 6.45) is 13.1. The molecule has 2 N–H and O–H groups in total. The SMILES string of the molecule is Cn1c(=O)n(C2CCC(=O)NC2=O)c2cccc(C#CCOC3CCN(CC4CCC(n5cc(NC(=O)c6cnn7ccc(N8C[C@H]9C[C@@H]8CO9)nc67)c(Cl)n5)CC4)CC3)c21. The molecule has 3 atom stereocenters. The number of halogens is 1. The van der Waals surface area contributed by atoms with E-state index in [1.165, 1.54) is 15.3 Å². The Bertz CT molecular complexity index is 2640. The van der Waals surface area contributed by atoms with E-state index in [4.69, 9.17) is 26.1 Å². The van der Waals surface area contributed by atoms with Crippen molar-refractivity contribution < 1.29 is 23.9 Å². The maximum atomic E-state index is 13.5. The number of anilines is 2. The Kier molecular flexibility index (Phi) is 10.6. The third-order valence-corrected chi connectivity index (χ3v) is 13.5. The normalized spacial score (nSPS) is 24.7. The van der Waals surface area contributed by atoms with Crippen LogP contribution < -0.4 is 21.2 Å². The molecule has 10 rings (SSSR count). The maximum absolute atomic E-state index is 13.5. The number of fused-ring (bicyclic) bond motifs is 4. The molecule has 5 aliphatic rings. The van der Waals surface area contributed by atoms with Crippen molar-refractivity contribution in [2.45, 2.75) is 88.1 Å². The molecule has 4 saturated heterocycles. The molecular formula is C43H48ClN11O6. The number of carbonyl (C=O) groups excluding carboxylic acids is 3. The van der Waals surface area contributed by atoms with Gasteiger partial charge in [-0.05, 0) is 75.5 Å². The fourth-order valence-electron chi connectivity index (χ4n) is 9.97. The third kappa shape index (κ3) is 7.71. The first-order valence-corrected chi connectivity index (χ1v) is 21.7. The quantitative estimate of drug-likeness (QED) is 0.164. The fourth-order valence-corrected chi connectivity index (χ4v) is 10.1. The maximum Gasteiger partial charge on any atom is 0.329 e. The van der Waals surface area contributed by atoms with E-state index < -0.39 is 11.9 Å². The van der Waals surface area contributed by atoms with Gasteiger partial charge in [0.15, 0.2) is 10.8 Å². The Morgan fingerprint density at radius 2 is 1.90 bits per heavy atom. The fraction of sp³-hybridized carbons (Fsp3) is 0.512. The zero-order valence-electron chi connectivity index (χ0n) is 34.0. The topological polar surface area (TPSA) is 175 Å². The van der Waals surface area contributed by atoms with Crippen LogP contribution in [0.1, 0.15) is 85.8 Å². The number of benzene rings is 1. The Morgan fingerprint density at radius 3 is 2.67 bits per heavy atom. The molecule has 1 aromatic carbocycles. The van der Waals surface area contributed by atoms with Gasteiger partial charge in [0.05, 0.1) is 65.6 Å². The second-order valence-electron chi connectivity index (χ2n) is 17.0. The minimum atomic E-state index is -0.741. The van der Waals surface area contributed by atoms with Gasteiger partial charge in [0.1, 0.15) is 24.0 Å². The van der Waals surface area contributed by atoms with Crippen LogP contribution in [0, 0.1) is 17.8 Å². The largest absolute Gasteiger partial charge is 0.374 e. The number of hydrogen-bond acceptors (Lipinski definition) is 11. The van der Waals surface area contributed by atoms with Gasteiger partial charge < -0.3 is 24.6 Å². The van der Waals surface area contributed by atoms with E-state index in [1.54, 1.807) is 11.6 Å². The number of aryl methyl sites for hydroxylation is 1. The molecular weight excluding hydrogens is 802 g/mol. The average Bonchev–Trinajstić information content (AvgIpc) is 4.11. The number of aromatic nitrogens is 7. The lowest BCUT2D eigenvalue weighted by atomic mass is 9.85. The number of ether oxygens (including phenoxy) is 2. The van der Waals surface area contributed by atoms with E-state index in [0.29, 0.717) is 52.1 Å². The first-order valence-electron chi connectivity index (χ1n) is 21.3. The summed E-state index contributed by atoms with van der Waals surface area (Å²) in [6.45, 7) is 4.79. The smallest absolute Gasteiger partial charge is 0.329 e. The van der Waals surface area contributed by atoms with E-state index in [0.717, 1.165) is 76.9 Å². The van der Waals surface area contributed by atoms with Crippen molar-refractivity contribution in [2.75, 3.05) is 49.6 Å². The number of likely N-dealkylation sites (tertiary alicyclic amines) is 1. The summed E-state index contributed by atoms with van der Waals surface area (Å²) in [7, 11) is 1.68. The number of para-hydroxylation sites is 1. The van der Waals surface area contributed by atoms with Crippen LogP contribution in [0.25, 0.3) is 16.7 Å². The molecule has 2 bridgehead atoms. The van der Waals surface area contributed by atoms with Crippen molar-refractivity contribution in [1.29, 1.82) is 0 Å². The molecule has 0 radical (unpaired) electrons. The molecule has 8 heterocycles. The zero-order chi connectivity index (χ0) is 41.8. The van der Waals surface area contributed by atoms with Crippen molar-refractivity contribution in [3.05, 3.63) is 69.6 Å². The van der Waals surface area contributed by atoms with Crippen molar-refractivity contribution in [3.8, 4) is 11.8 Å². The molecule has 4 aliphatic heterocycles. The number of hydrogen-bond donors (Lipinski definition) is 2. The lowest BCUT2D eigenvalue weighted by Gasteiger charge is -2.36. The Morgan fingerprint density at radius 1 is 1.07 bits per heavy atom. The molecule has 4 aromatic heterocycles. The minimum Gasteiger partial charge on any atom is -0.374 e. The summed E-state index contributed by atoms with van der Waals surface area (Å²) < 4.78 is 18.5. The highest BCUT2D eigenvalue weighted by molar-refractivity contribution is 6.32. The van der Waals surface area contributed by atoms with Gasteiger partial charge in [-0.3, -0.25) is 33.5 Å². The first kappa shape index (κ1) is 39.6. The van der Waals surface area contributed by atoms with Gasteiger partial charge in [-0.15, -0.1) is 0 Å². The zero-order valence-corrected chi connectivity index (χ0v) is 34.7.